The molecule has 0 aliphatic rings. The van der Waals surface area contributed by atoms with E-state index in [2.05, 4.69) is 0 Å². The van der Waals surface area contributed by atoms with E-state index < -0.39 is 22.8 Å². The van der Waals surface area contributed by atoms with Crippen molar-refractivity contribution in [3.63, 3.8) is 0 Å². The summed E-state index contributed by atoms with van der Waals surface area (Å²) < 4.78 is 10.8. The first-order valence-corrected chi connectivity index (χ1v) is 4.44. The van der Waals surface area contributed by atoms with Gasteiger partial charge in [0.1, 0.15) is 6.04 Å². The fraction of sp³-hybridized carbons (Fsp3) is 0.500. The Kier molecular flexibility index (Phi) is 4.72. The first kappa shape index (κ1) is 10.3. The van der Waals surface area contributed by atoms with E-state index in [1.807, 2.05) is 0 Å². The van der Waals surface area contributed by atoms with Gasteiger partial charge in [0.25, 0.3) is 0 Å². The Morgan fingerprint density at radius 1 is 1.82 bits per heavy atom. The van der Waals surface area contributed by atoms with Gasteiger partial charge < -0.3 is 10.8 Å². The number of nitrogens with two attached hydrogens (primary N) is 1. The summed E-state index contributed by atoms with van der Waals surface area (Å²) in [6.07, 6.45) is 1.60. The molecule has 5 heteroatoms. The smallest absolute Gasteiger partial charge is 0.321 e. The second-order valence-electron chi connectivity index (χ2n) is 1.96. The van der Waals surface area contributed by atoms with Gasteiger partial charge in [-0.25, -0.2) is 0 Å². The molecule has 0 spiro atoms. The van der Waals surface area contributed by atoms with Crippen LogP contribution in [0, 0.1) is 0 Å². The summed E-state index contributed by atoms with van der Waals surface area (Å²) in [5.41, 5.74) is 5.12. The number of hydrogen-bond acceptors (Lipinski definition) is 3. The molecule has 0 aromatic rings. The first-order chi connectivity index (χ1) is 5.07. The summed E-state index contributed by atoms with van der Waals surface area (Å²) in [5, 5.41) is 9.74. The third kappa shape index (κ3) is 4.69. The lowest BCUT2D eigenvalue weighted by molar-refractivity contribution is -0.137. The lowest BCUT2D eigenvalue weighted by atomic mass is 10.4. The molecule has 0 radical (unpaired) electrons. The monoisotopic (exact) mass is 177 g/mol. The molecule has 0 amide bonds. The summed E-state index contributed by atoms with van der Waals surface area (Å²) in [4.78, 5) is 10.2. The Bertz CT molecular complexity index is 190. The molecule has 3 N–H and O–H groups in total. The average molecular weight is 177 g/mol. The highest BCUT2D eigenvalue weighted by molar-refractivity contribution is 7.88. The van der Waals surface area contributed by atoms with E-state index in [0.717, 1.165) is 0 Å². The van der Waals surface area contributed by atoms with E-state index in [-0.39, 0.29) is 5.75 Å². The van der Waals surface area contributed by atoms with Gasteiger partial charge in [0, 0.05) is 10.8 Å². The van der Waals surface area contributed by atoms with Gasteiger partial charge in [0.05, 0.1) is 5.75 Å². The van der Waals surface area contributed by atoms with Crippen LogP contribution in [0.25, 0.3) is 0 Å². The summed E-state index contributed by atoms with van der Waals surface area (Å²) in [6.45, 7) is 1.71. The van der Waals surface area contributed by atoms with Crippen LogP contribution in [0.15, 0.2) is 11.5 Å². The number of allylic oxidation sites excluding steroid dienone is 1. The van der Waals surface area contributed by atoms with Crippen LogP contribution in [0.1, 0.15) is 6.92 Å². The maximum atomic E-state index is 10.8. The van der Waals surface area contributed by atoms with Crippen LogP contribution >= 0.6 is 0 Å². The van der Waals surface area contributed by atoms with Crippen LogP contribution in [0.2, 0.25) is 0 Å². The fourth-order valence-electron chi connectivity index (χ4n) is 0.456. The average Bonchev–Trinajstić information content (AvgIpc) is 1.87. The quantitative estimate of drug-likeness (QED) is 0.616. The maximum Gasteiger partial charge on any atom is 0.321 e. The number of carboxylic acid groups (broad SMARTS) is 1. The van der Waals surface area contributed by atoms with Crippen molar-refractivity contribution < 1.29 is 14.1 Å². The second-order valence-corrected chi connectivity index (χ2v) is 3.33. The number of rotatable bonds is 4. The number of aliphatic carboxylic acids is 1. The van der Waals surface area contributed by atoms with E-state index in [1.165, 1.54) is 5.41 Å². The molecule has 0 aliphatic heterocycles. The van der Waals surface area contributed by atoms with Crippen LogP contribution in [-0.4, -0.2) is 27.1 Å². The van der Waals surface area contributed by atoms with Gasteiger partial charge in [-0.3, -0.25) is 9.00 Å². The number of hydrogen-bond donors (Lipinski definition) is 2. The van der Waals surface area contributed by atoms with Gasteiger partial charge in [0.2, 0.25) is 0 Å². The fourth-order valence-corrected chi connectivity index (χ4v) is 1.37. The van der Waals surface area contributed by atoms with Crippen molar-refractivity contribution in [3.8, 4) is 0 Å². The zero-order valence-electron chi connectivity index (χ0n) is 6.19. The molecule has 0 heterocycles. The van der Waals surface area contributed by atoms with Crippen LogP contribution in [-0.2, 0) is 15.6 Å². The van der Waals surface area contributed by atoms with Crippen molar-refractivity contribution in [2.24, 2.45) is 5.73 Å². The molecular formula is C6H11NO3S. The molecule has 0 aliphatic carbocycles. The summed E-state index contributed by atoms with van der Waals surface area (Å²) in [6, 6.07) is -1.04. The molecule has 0 bridgehead atoms. The first-order valence-electron chi connectivity index (χ1n) is 3.06. The molecule has 0 aromatic carbocycles. The molecule has 4 nitrogen and oxygen atoms in total. The van der Waals surface area contributed by atoms with Crippen molar-refractivity contribution in [1.82, 2.24) is 0 Å². The second kappa shape index (κ2) is 5.03. The Hall–Kier alpha value is -0.680. The van der Waals surface area contributed by atoms with Gasteiger partial charge in [0.15, 0.2) is 0 Å². The molecule has 11 heavy (non-hydrogen) atoms. The number of carboxylic acids is 1. The van der Waals surface area contributed by atoms with Gasteiger partial charge in [-0.05, 0) is 12.3 Å². The van der Waals surface area contributed by atoms with Gasteiger partial charge in [-0.1, -0.05) is 6.08 Å². The minimum atomic E-state index is -1.26. The molecule has 0 saturated heterocycles. The van der Waals surface area contributed by atoms with Crippen molar-refractivity contribution >= 4 is 16.8 Å². The predicted octanol–water partition coefficient (Wildman–Crippen LogP) is -0.319. The van der Waals surface area contributed by atoms with Crippen LogP contribution in [0.3, 0.4) is 0 Å². The SMILES string of the molecule is C/C=C\S(=O)CC(N)C(=O)O. The summed E-state index contributed by atoms with van der Waals surface area (Å²) in [5.74, 6) is -1.15. The molecular weight excluding hydrogens is 166 g/mol. The minimum Gasteiger partial charge on any atom is -0.480 e. The third-order valence-corrected chi connectivity index (χ3v) is 2.21. The standard InChI is InChI=1S/C6H11NO3S/c1-2-3-11(10)4-5(7)6(8)9/h2-3,5H,4,7H2,1H3,(H,8,9)/b3-2-. The minimum absolute atomic E-state index is 0.0281. The van der Waals surface area contributed by atoms with Gasteiger partial charge in [-0.15, -0.1) is 0 Å². The van der Waals surface area contributed by atoms with Crippen molar-refractivity contribution in [2.75, 3.05) is 5.75 Å². The molecule has 0 aromatic heterocycles. The van der Waals surface area contributed by atoms with Crippen LogP contribution in [0.4, 0.5) is 0 Å². The Morgan fingerprint density at radius 2 is 2.36 bits per heavy atom. The van der Waals surface area contributed by atoms with Crippen molar-refractivity contribution in [2.45, 2.75) is 13.0 Å². The lowest BCUT2D eigenvalue weighted by Gasteiger charge is -2.01. The maximum absolute atomic E-state index is 10.8. The van der Waals surface area contributed by atoms with Gasteiger partial charge >= 0.3 is 5.97 Å². The van der Waals surface area contributed by atoms with Crippen LogP contribution < -0.4 is 5.73 Å². The topological polar surface area (TPSA) is 80.4 Å². The molecule has 0 saturated carbocycles. The molecule has 2 atom stereocenters. The summed E-state index contributed by atoms with van der Waals surface area (Å²) in [7, 11) is -1.26. The zero-order chi connectivity index (χ0) is 8.85. The van der Waals surface area contributed by atoms with Gasteiger partial charge in [-0.2, -0.15) is 0 Å². The zero-order valence-corrected chi connectivity index (χ0v) is 7.00. The normalized spacial score (nSPS) is 16.5. The van der Waals surface area contributed by atoms with E-state index in [0.29, 0.717) is 0 Å². The number of carbonyl (C=O) groups is 1. The van der Waals surface area contributed by atoms with Crippen LogP contribution in [0.5, 0.6) is 0 Å². The molecule has 2 unspecified atom stereocenters. The van der Waals surface area contributed by atoms with Crippen molar-refractivity contribution in [1.29, 1.82) is 0 Å². The largest absolute Gasteiger partial charge is 0.480 e. The van der Waals surface area contributed by atoms with Crippen molar-refractivity contribution in [3.05, 3.63) is 11.5 Å². The molecule has 64 valence electrons. The Morgan fingerprint density at radius 3 is 2.73 bits per heavy atom. The van der Waals surface area contributed by atoms with E-state index in [4.69, 9.17) is 10.8 Å². The third-order valence-electron chi connectivity index (χ3n) is 0.949. The highest BCUT2D eigenvalue weighted by atomic mass is 32.2. The predicted molar refractivity (Wildman–Crippen MR) is 43.4 cm³/mol. The highest BCUT2D eigenvalue weighted by Crippen LogP contribution is 1.89. The lowest BCUT2D eigenvalue weighted by Crippen LogP contribution is -2.35. The summed E-state index contributed by atoms with van der Waals surface area (Å²) >= 11 is 0. The van der Waals surface area contributed by atoms with E-state index >= 15 is 0 Å². The molecule has 0 rings (SSSR count). The molecule has 0 fully saturated rings. The Balaban J connectivity index is 3.85. The Labute approximate surface area is 67.5 Å². The van der Waals surface area contributed by atoms with E-state index in [9.17, 15) is 9.00 Å². The van der Waals surface area contributed by atoms with E-state index in [1.54, 1.807) is 13.0 Å². The highest BCUT2D eigenvalue weighted by Gasteiger charge is 2.12.